The number of halogens is 4. The van der Waals surface area contributed by atoms with Crippen molar-refractivity contribution in [1.29, 1.82) is 0 Å². The fraction of sp³-hybridized carbons (Fsp3) is 0.233. The molecule has 1 N–H and O–H groups in total. The number of likely N-dealkylation sites (N-methyl/N-ethyl adjacent to an activating group) is 1. The summed E-state index contributed by atoms with van der Waals surface area (Å²) >= 11 is 0. The van der Waals surface area contributed by atoms with Gasteiger partial charge in [0.15, 0.2) is 0 Å². The Morgan fingerprint density at radius 2 is 1.68 bits per heavy atom. The van der Waals surface area contributed by atoms with Crippen molar-refractivity contribution in [3.05, 3.63) is 113 Å². The largest absolute Gasteiger partial charge is 0.416 e. The number of carbonyl (C=O) groups excluding carboxylic acids is 2. The van der Waals surface area contributed by atoms with Crippen LogP contribution in [0.2, 0.25) is 0 Å². The van der Waals surface area contributed by atoms with Gasteiger partial charge in [0.25, 0.3) is 11.8 Å². The third-order valence-corrected chi connectivity index (χ3v) is 7.02. The molecule has 2 amide bonds. The number of aromatic nitrogens is 2. The monoisotopic (exact) mass is 550 g/mol. The number of anilines is 1. The molecule has 1 aliphatic rings. The van der Waals surface area contributed by atoms with Gasteiger partial charge in [0.05, 0.1) is 16.9 Å². The second kappa shape index (κ2) is 10.6. The number of carbonyl (C=O) groups is 2. The molecule has 0 spiro atoms. The van der Waals surface area contributed by atoms with Gasteiger partial charge in [0.1, 0.15) is 17.7 Å². The van der Waals surface area contributed by atoms with E-state index in [4.69, 9.17) is 5.10 Å². The molecule has 0 aliphatic carbocycles. The van der Waals surface area contributed by atoms with E-state index in [1.165, 1.54) is 23.1 Å². The topological polar surface area (TPSA) is 67.2 Å². The summed E-state index contributed by atoms with van der Waals surface area (Å²) in [4.78, 5) is 28.9. The lowest BCUT2D eigenvalue weighted by molar-refractivity contribution is -0.137. The zero-order valence-electron chi connectivity index (χ0n) is 21.7. The van der Waals surface area contributed by atoms with Crippen LogP contribution < -0.4 is 10.2 Å². The first-order chi connectivity index (χ1) is 19.1. The maximum absolute atomic E-state index is 14.1. The predicted molar refractivity (Wildman–Crippen MR) is 142 cm³/mol. The molecule has 206 valence electrons. The van der Waals surface area contributed by atoms with Gasteiger partial charge in [-0.15, -0.1) is 0 Å². The average molecular weight is 551 g/mol. The van der Waals surface area contributed by atoms with Crippen LogP contribution in [0.15, 0.2) is 78.9 Å². The van der Waals surface area contributed by atoms with E-state index in [9.17, 15) is 27.2 Å². The standard InChI is InChI=1S/C30H26F4N4O2/c1-3-23-25-24(18-13-15-21(31)16-14-18)26(35-27(39)19-9-8-10-20(17-19)30(32,33)34)29(40)37(4-2)28(25)38(36-23)22-11-6-5-7-12-22/h5-17,24,26H,3-4H2,1-2H3,(H,35,39)/t24-,26-/m0/s1. The second-order valence-electron chi connectivity index (χ2n) is 9.43. The molecular formula is C30H26F4N4O2. The quantitative estimate of drug-likeness (QED) is 0.305. The fourth-order valence-corrected chi connectivity index (χ4v) is 5.18. The maximum atomic E-state index is 14.1. The van der Waals surface area contributed by atoms with Gasteiger partial charge < -0.3 is 5.32 Å². The van der Waals surface area contributed by atoms with Crippen molar-refractivity contribution in [1.82, 2.24) is 15.1 Å². The molecule has 2 atom stereocenters. The van der Waals surface area contributed by atoms with E-state index in [-0.39, 0.29) is 12.1 Å². The van der Waals surface area contributed by atoms with Gasteiger partial charge in [0, 0.05) is 23.6 Å². The normalized spacial score (nSPS) is 17.1. The van der Waals surface area contributed by atoms with Crippen molar-refractivity contribution < 1.29 is 27.2 Å². The van der Waals surface area contributed by atoms with Crippen molar-refractivity contribution in [2.24, 2.45) is 0 Å². The molecule has 2 heterocycles. The number of nitrogens with one attached hydrogen (secondary N) is 1. The second-order valence-corrected chi connectivity index (χ2v) is 9.43. The Hall–Kier alpha value is -4.47. The van der Waals surface area contributed by atoms with Crippen LogP contribution in [0.4, 0.5) is 23.4 Å². The number of hydrogen-bond donors (Lipinski definition) is 1. The highest BCUT2D eigenvalue weighted by molar-refractivity contribution is 6.05. The van der Waals surface area contributed by atoms with E-state index in [0.29, 0.717) is 29.1 Å². The molecule has 5 rings (SSSR count). The zero-order valence-corrected chi connectivity index (χ0v) is 21.7. The van der Waals surface area contributed by atoms with Gasteiger partial charge in [0.2, 0.25) is 0 Å². The number of benzene rings is 3. The zero-order chi connectivity index (χ0) is 28.6. The summed E-state index contributed by atoms with van der Waals surface area (Å²) in [6.45, 7) is 3.96. The lowest BCUT2D eigenvalue weighted by Gasteiger charge is -2.38. The van der Waals surface area contributed by atoms with Crippen LogP contribution in [0.25, 0.3) is 5.69 Å². The summed E-state index contributed by atoms with van der Waals surface area (Å²) in [5.41, 5.74) is 1.45. The van der Waals surface area contributed by atoms with Crippen LogP contribution in [0.3, 0.4) is 0 Å². The minimum Gasteiger partial charge on any atom is -0.339 e. The number of hydrogen-bond acceptors (Lipinski definition) is 3. The maximum Gasteiger partial charge on any atom is 0.416 e. The van der Waals surface area contributed by atoms with E-state index in [2.05, 4.69) is 5.32 Å². The summed E-state index contributed by atoms with van der Waals surface area (Å²) in [6, 6.07) is 17.8. The number of nitrogens with zero attached hydrogens (tertiary/aromatic N) is 3. The van der Waals surface area contributed by atoms with Crippen molar-refractivity contribution in [3.63, 3.8) is 0 Å². The lowest BCUT2D eigenvalue weighted by Crippen LogP contribution is -2.55. The minimum atomic E-state index is -4.64. The first-order valence-corrected chi connectivity index (χ1v) is 12.9. The molecule has 0 fully saturated rings. The van der Waals surface area contributed by atoms with Gasteiger partial charge in [-0.25, -0.2) is 9.07 Å². The number of fused-ring (bicyclic) bond motifs is 1. The van der Waals surface area contributed by atoms with Crippen molar-refractivity contribution >= 4 is 17.6 Å². The SMILES string of the molecule is CCc1nn(-c2ccccc2)c2c1[C@H](c1ccc(F)cc1)[C@H](NC(=O)c1cccc(C(F)(F)F)c1)C(=O)N2CC. The predicted octanol–water partition coefficient (Wildman–Crippen LogP) is 5.89. The van der Waals surface area contributed by atoms with Crippen molar-refractivity contribution in [2.45, 2.75) is 38.4 Å². The highest BCUT2D eigenvalue weighted by Crippen LogP contribution is 2.44. The smallest absolute Gasteiger partial charge is 0.339 e. The highest BCUT2D eigenvalue weighted by Gasteiger charge is 2.46. The van der Waals surface area contributed by atoms with Crippen LogP contribution in [-0.2, 0) is 17.4 Å². The Morgan fingerprint density at radius 3 is 2.30 bits per heavy atom. The summed E-state index contributed by atoms with van der Waals surface area (Å²) in [6.07, 6.45) is -4.14. The van der Waals surface area contributed by atoms with Gasteiger partial charge in [-0.05, 0) is 61.4 Å². The molecule has 10 heteroatoms. The van der Waals surface area contributed by atoms with E-state index < -0.39 is 41.3 Å². The van der Waals surface area contributed by atoms with Gasteiger partial charge >= 0.3 is 6.18 Å². The molecule has 0 saturated carbocycles. The van der Waals surface area contributed by atoms with Gasteiger partial charge in [-0.2, -0.15) is 18.3 Å². The van der Waals surface area contributed by atoms with Crippen molar-refractivity contribution in [2.75, 3.05) is 11.4 Å². The molecule has 0 radical (unpaired) electrons. The van der Waals surface area contributed by atoms with E-state index >= 15 is 0 Å². The average Bonchev–Trinajstić information content (AvgIpc) is 3.33. The summed E-state index contributed by atoms with van der Waals surface area (Å²) in [7, 11) is 0. The van der Waals surface area contributed by atoms with Crippen LogP contribution in [0.5, 0.6) is 0 Å². The number of aryl methyl sites for hydroxylation is 1. The number of para-hydroxylation sites is 1. The molecule has 40 heavy (non-hydrogen) atoms. The molecule has 1 aromatic heterocycles. The van der Waals surface area contributed by atoms with Crippen LogP contribution in [0, 0.1) is 5.82 Å². The Labute approximate surface area is 228 Å². The Morgan fingerprint density at radius 1 is 0.975 bits per heavy atom. The Balaban J connectivity index is 1.67. The fourth-order valence-electron chi connectivity index (χ4n) is 5.18. The Bertz CT molecular complexity index is 1550. The number of alkyl halides is 3. The van der Waals surface area contributed by atoms with Crippen LogP contribution in [-0.4, -0.2) is 34.2 Å². The highest BCUT2D eigenvalue weighted by atomic mass is 19.4. The summed E-state index contributed by atoms with van der Waals surface area (Å²) in [5, 5.41) is 7.53. The third kappa shape index (κ3) is 4.85. The third-order valence-electron chi connectivity index (χ3n) is 7.02. The summed E-state index contributed by atoms with van der Waals surface area (Å²) in [5.74, 6) is -1.99. The van der Waals surface area contributed by atoms with Gasteiger partial charge in [-0.3, -0.25) is 14.5 Å². The number of amides is 2. The molecule has 1 aliphatic heterocycles. The van der Waals surface area contributed by atoms with Crippen molar-refractivity contribution in [3.8, 4) is 5.69 Å². The molecule has 3 aromatic carbocycles. The molecule has 0 unspecified atom stereocenters. The molecule has 0 bridgehead atoms. The van der Waals surface area contributed by atoms with E-state index in [1.807, 2.05) is 37.3 Å². The first kappa shape index (κ1) is 27.1. The summed E-state index contributed by atoms with van der Waals surface area (Å²) < 4.78 is 55.6. The lowest BCUT2D eigenvalue weighted by atomic mass is 9.80. The van der Waals surface area contributed by atoms with Gasteiger partial charge in [-0.1, -0.05) is 43.3 Å². The molecule has 0 saturated heterocycles. The molecule has 6 nitrogen and oxygen atoms in total. The molecule has 4 aromatic rings. The first-order valence-electron chi connectivity index (χ1n) is 12.9. The van der Waals surface area contributed by atoms with E-state index in [0.717, 1.165) is 23.9 Å². The van der Waals surface area contributed by atoms with Crippen LogP contribution >= 0.6 is 0 Å². The number of rotatable bonds is 6. The van der Waals surface area contributed by atoms with E-state index in [1.54, 1.807) is 23.7 Å². The molecular weight excluding hydrogens is 524 g/mol. The minimum absolute atomic E-state index is 0.231. The Kier molecular flexibility index (Phi) is 7.18. The van der Waals surface area contributed by atoms with Crippen LogP contribution in [0.1, 0.15) is 52.5 Å².